The van der Waals surface area contributed by atoms with Crippen molar-refractivity contribution in [2.45, 2.75) is 51.5 Å². The number of esters is 1. The van der Waals surface area contributed by atoms with Gasteiger partial charge in [0.25, 0.3) is 0 Å². The number of carbonyl (C=O) groups is 1. The summed E-state index contributed by atoms with van der Waals surface area (Å²) in [7, 11) is 1.73. The summed E-state index contributed by atoms with van der Waals surface area (Å²) in [6.07, 6.45) is 6.45. The van der Waals surface area contributed by atoms with Gasteiger partial charge in [0.1, 0.15) is 0 Å². The number of ether oxygens (including phenoxy) is 2. The van der Waals surface area contributed by atoms with E-state index >= 15 is 0 Å². The van der Waals surface area contributed by atoms with Crippen molar-refractivity contribution >= 4 is 5.97 Å². The Morgan fingerprint density at radius 2 is 2.17 bits per heavy atom. The van der Waals surface area contributed by atoms with Crippen molar-refractivity contribution in [3.05, 3.63) is 0 Å². The molecule has 0 aliphatic heterocycles. The zero-order valence-electron chi connectivity index (χ0n) is 11.7. The van der Waals surface area contributed by atoms with Crippen LogP contribution in [0.15, 0.2) is 0 Å². The van der Waals surface area contributed by atoms with Crippen LogP contribution in [0, 0.1) is 5.92 Å². The largest absolute Gasteiger partial charge is 0.466 e. The first-order valence-corrected chi connectivity index (χ1v) is 7.16. The Bertz CT molecular complexity index is 233. The summed E-state index contributed by atoms with van der Waals surface area (Å²) in [5.41, 5.74) is 0. The molecule has 0 aromatic heterocycles. The fourth-order valence-electron chi connectivity index (χ4n) is 2.53. The molecular weight excluding hydrogens is 230 g/mol. The average molecular weight is 257 g/mol. The second kappa shape index (κ2) is 9.34. The molecule has 1 N–H and O–H groups in total. The average Bonchev–Trinajstić information content (AvgIpc) is 2.39. The zero-order valence-corrected chi connectivity index (χ0v) is 11.7. The maximum absolute atomic E-state index is 11.7. The molecule has 0 bridgehead atoms. The van der Waals surface area contributed by atoms with Crippen molar-refractivity contribution in [3.63, 3.8) is 0 Å². The minimum atomic E-state index is -0.0108. The Hall–Kier alpha value is -0.610. The molecule has 0 saturated heterocycles. The summed E-state index contributed by atoms with van der Waals surface area (Å²) in [6.45, 7) is 4.21. The van der Waals surface area contributed by atoms with Crippen molar-refractivity contribution < 1.29 is 14.3 Å². The molecule has 1 aliphatic carbocycles. The molecule has 0 aromatic rings. The topological polar surface area (TPSA) is 47.6 Å². The molecule has 1 rings (SSSR count). The third-order valence-corrected chi connectivity index (χ3v) is 3.50. The number of unbranched alkanes of at least 4 members (excludes halogenated alkanes) is 1. The summed E-state index contributed by atoms with van der Waals surface area (Å²) in [5.74, 6) is 0.0959. The number of nitrogens with one attached hydrogen (secondary N) is 1. The lowest BCUT2D eigenvalue weighted by atomic mass is 9.85. The molecular formula is C14H27NO3. The summed E-state index contributed by atoms with van der Waals surface area (Å²) in [4.78, 5) is 11.7. The molecule has 106 valence electrons. The monoisotopic (exact) mass is 257 g/mol. The normalized spacial score (nSPS) is 23.9. The summed E-state index contributed by atoms with van der Waals surface area (Å²) in [6, 6.07) is 0.482. The van der Waals surface area contributed by atoms with Crippen LogP contribution in [0.5, 0.6) is 0 Å². The molecule has 4 heteroatoms. The van der Waals surface area contributed by atoms with E-state index in [0.717, 1.165) is 45.3 Å². The molecule has 0 heterocycles. The van der Waals surface area contributed by atoms with Crippen LogP contribution >= 0.6 is 0 Å². The number of carbonyl (C=O) groups excluding carboxylic acids is 1. The van der Waals surface area contributed by atoms with E-state index in [1.807, 2.05) is 6.92 Å². The molecule has 2 atom stereocenters. The molecule has 2 unspecified atom stereocenters. The first-order valence-electron chi connectivity index (χ1n) is 7.16. The van der Waals surface area contributed by atoms with E-state index < -0.39 is 0 Å². The molecule has 0 spiro atoms. The minimum absolute atomic E-state index is 0.0108. The van der Waals surface area contributed by atoms with Crippen LogP contribution in [0.2, 0.25) is 0 Å². The van der Waals surface area contributed by atoms with Gasteiger partial charge in [-0.3, -0.25) is 4.79 Å². The Morgan fingerprint density at radius 1 is 1.33 bits per heavy atom. The number of rotatable bonds is 8. The van der Waals surface area contributed by atoms with Gasteiger partial charge in [0.15, 0.2) is 0 Å². The molecule has 0 amide bonds. The van der Waals surface area contributed by atoms with Crippen molar-refractivity contribution in [1.29, 1.82) is 0 Å². The first kappa shape index (κ1) is 15.4. The highest BCUT2D eigenvalue weighted by atomic mass is 16.5. The lowest BCUT2D eigenvalue weighted by Gasteiger charge is -2.28. The van der Waals surface area contributed by atoms with Crippen LogP contribution in [0.3, 0.4) is 0 Å². The molecule has 0 aromatic carbocycles. The van der Waals surface area contributed by atoms with Crippen LogP contribution in [0.1, 0.15) is 45.4 Å². The van der Waals surface area contributed by atoms with Gasteiger partial charge in [-0.25, -0.2) is 0 Å². The predicted molar refractivity (Wildman–Crippen MR) is 71.5 cm³/mol. The van der Waals surface area contributed by atoms with Gasteiger partial charge < -0.3 is 14.8 Å². The Kier molecular flexibility index (Phi) is 8.01. The molecule has 18 heavy (non-hydrogen) atoms. The third-order valence-electron chi connectivity index (χ3n) is 3.50. The van der Waals surface area contributed by atoms with E-state index in [1.54, 1.807) is 7.11 Å². The van der Waals surface area contributed by atoms with Gasteiger partial charge in [0.05, 0.1) is 12.5 Å². The summed E-state index contributed by atoms with van der Waals surface area (Å²) < 4.78 is 10.1. The van der Waals surface area contributed by atoms with E-state index in [4.69, 9.17) is 9.47 Å². The van der Waals surface area contributed by atoms with Crippen molar-refractivity contribution in [2.75, 3.05) is 26.9 Å². The molecule has 1 fully saturated rings. The van der Waals surface area contributed by atoms with E-state index in [2.05, 4.69) is 5.32 Å². The van der Waals surface area contributed by atoms with Gasteiger partial charge in [-0.1, -0.05) is 6.42 Å². The second-order valence-corrected chi connectivity index (χ2v) is 4.97. The lowest BCUT2D eigenvalue weighted by Crippen LogP contribution is -2.37. The smallest absolute Gasteiger partial charge is 0.308 e. The molecule has 1 saturated carbocycles. The minimum Gasteiger partial charge on any atom is -0.466 e. The Morgan fingerprint density at radius 3 is 2.89 bits per heavy atom. The van der Waals surface area contributed by atoms with Crippen LogP contribution in [-0.2, 0) is 14.3 Å². The van der Waals surface area contributed by atoms with Gasteiger partial charge in [0, 0.05) is 19.8 Å². The summed E-state index contributed by atoms with van der Waals surface area (Å²) >= 11 is 0. The van der Waals surface area contributed by atoms with Crippen molar-refractivity contribution in [2.24, 2.45) is 5.92 Å². The SMILES string of the molecule is CCOC(=O)C1CCCC(NCCCCOC)C1. The highest BCUT2D eigenvalue weighted by molar-refractivity contribution is 5.72. The number of methoxy groups -OCH3 is 1. The number of hydrogen-bond donors (Lipinski definition) is 1. The van der Waals surface area contributed by atoms with Gasteiger partial charge in [-0.2, -0.15) is 0 Å². The highest BCUT2D eigenvalue weighted by Crippen LogP contribution is 2.25. The van der Waals surface area contributed by atoms with Crippen LogP contribution < -0.4 is 5.32 Å². The van der Waals surface area contributed by atoms with Gasteiger partial charge in [0.2, 0.25) is 0 Å². The Balaban J connectivity index is 2.16. The van der Waals surface area contributed by atoms with Crippen molar-refractivity contribution in [3.8, 4) is 0 Å². The molecule has 1 aliphatic rings. The third kappa shape index (κ3) is 5.83. The van der Waals surface area contributed by atoms with Gasteiger partial charge in [-0.15, -0.1) is 0 Å². The van der Waals surface area contributed by atoms with Gasteiger partial charge in [-0.05, 0) is 45.6 Å². The lowest BCUT2D eigenvalue weighted by molar-refractivity contribution is -0.149. The van der Waals surface area contributed by atoms with Crippen LogP contribution in [-0.4, -0.2) is 38.9 Å². The molecule has 0 radical (unpaired) electrons. The van der Waals surface area contributed by atoms with Gasteiger partial charge >= 0.3 is 5.97 Å². The summed E-state index contributed by atoms with van der Waals surface area (Å²) in [5, 5.41) is 3.54. The van der Waals surface area contributed by atoms with E-state index in [9.17, 15) is 4.79 Å². The van der Waals surface area contributed by atoms with E-state index in [1.165, 1.54) is 6.42 Å². The standard InChI is InChI=1S/C14H27NO3/c1-3-18-14(16)12-7-6-8-13(11-12)15-9-4-5-10-17-2/h12-13,15H,3-11H2,1-2H3. The van der Waals surface area contributed by atoms with Crippen molar-refractivity contribution in [1.82, 2.24) is 5.32 Å². The van der Waals surface area contributed by atoms with E-state index in [-0.39, 0.29) is 11.9 Å². The maximum Gasteiger partial charge on any atom is 0.308 e. The number of hydrogen-bond acceptors (Lipinski definition) is 4. The van der Waals surface area contributed by atoms with Crippen LogP contribution in [0.25, 0.3) is 0 Å². The predicted octanol–water partition coefficient (Wildman–Crippen LogP) is 2.12. The second-order valence-electron chi connectivity index (χ2n) is 4.97. The fourth-order valence-corrected chi connectivity index (χ4v) is 2.53. The zero-order chi connectivity index (χ0) is 13.2. The fraction of sp³-hybridized carbons (Fsp3) is 0.929. The Labute approximate surface area is 110 Å². The highest BCUT2D eigenvalue weighted by Gasteiger charge is 2.27. The quantitative estimate of drug-likeness (QED) is 0.534. The first-order chi connectivity index (χ1) is 8.77. The maximum atomic E-state index is 11.7. The molecule has 4 nitrogen and oxygen atoms in total. The van der Waals surface area contributed by atoms with E-state index in [0.29, 0.717) is 12.6 Å². The van der Waals surface area contributed by atoms with Crippen LogP contribution in [0.4, 0.5) is 0 Å².